The van der Waals surface area contributed by atoms with Crippen LogP contribution in [0.4, 0.5) is 26.1 Å². The molecule has 0 aliphatic heterocycles. The Bertz CT molecular complexity index is 552. The molecule has 18 heavy (non-hydrogen) atoms. The number of aromatic nitrogens is 1. The summed E-state index contributed by atoms with van der Waals surface area (Å²) in [6, 6.07) is 6.95. The van der Waals surface area contributed by atoms with Crippen LogP contribution in [-0.2, 0) is 0 Å². The van der Waals surface area contributed by atoms with Crippen molar-refractivity contribution >= 4 is 28.9 Å². The van der Waals surface area contributed by atoms with Crippen LogP contribution in [-0.4, -0.2) is 12.0 Å². The number of nitrogens with zero attached hydrogens (tertiary/aromatic N) is 1. The first-order valence-electron chi connectivity index (χ1n) is 5.16. The second kappa shape index (κ2) is 5.18. The van der Waals surface area contributed by atoms with Crippen LogP contribution < -0.4 is 10.6 Å². The topological polar surface area (TPSA) is 37.0 Å². The van der Waals surface area contributed by atoms with E-state index in [-0.39, 0.29) is 10.7 Å². The van der Waals surface area contributed by atoms with E-state index >= 15 is 0 Å². The summed E-state index contributed by atoms with van der Waals surface area (Å²) in [5.41, 5.74) is -0.00109. The number of anilines is 3. The standard InChI is InChI=1S/C12H10ClF2N3/c1-16-10-3-2-4-11(17-10)18-12-8(13)5-7(14)6-9(12)15/h2-6H,1H3,(H2,16,17,18). The molecule has 0 bridgehead atoms. The Labute approximate surface area is 108 Å². The van der Waals surface area contributed by atoms with Gasteiger partial charge in [0, 0.05) is 13.1 Å². The van der Waals surface area contributed by atoms with E-state index in [1.165, 1.54) is 0 Å². The minimum atomic E-state index is -0.767. The molecule has 0 saturated carbocycles. The molecule has 94 valence electrons. The van der Waals surface area contributed by atoms with Crippen molar-refractivity contribution in [2.45, 2.75) is 0 Å². The molecule has 0 fully saturated rings. The van der Waals surface area contributed by atoms with Gasteiger partial charge in [-0.25, -0.2) is 13.8 Å². The highest BCUT2D eigenvalue weighted by atomic mass is 35.5. The van der Waals surface area contributed by atoms with E-state index in [9.17, 15) is 8.78 Å². The van der Waals surface area contributed by atoms with Crippen LogP contribution in [0.3, 0.4) is 0 Å². The maximum Gasteiger partial charge on any atom is 0.151 e. The molecule has 0 radical (unpaired) electrons. The molecule has 6 heteroatoms. The van der Waals surface area contributed by atoms with Crippen LogP contribution in [0.5, 0.6) is 0 Å². The lowest BCUT2D eigenvalue weighted by atomic mass is 10.3. The Kier molecular flexibility index (Phi) is 3.62. The van der Waals surface area contributed by atoms with E-state index in [1.807, 2.05) is 0 Å². The number of rotatable bonds is 3. The van der Waals surface area contributed by atoms with E-state index in [4.69, 9.17) is 11.6 Å². The monoisotopic (exact) mass is 269 g/mol. The number of halogens is 3. The molecule has 0 aliphatic rings. The molecule has 0 unspecified atom stereocenters. The van der Waals surface area contributed by atoms with Gasteiger partial charge in [0.1, 0.15) is 17.5 Å². The van der Waals surface area contributed by atoms with Crippen LogP contribution in [0.2, 0.25) is 5.02 Å². The fraction of sp³-hybridized carbons (Fsp3) is 0.0833. The van der Waals surface area contributed by atoms with Crippen molar-refractivity contribution in [2.24, 2.45) is 0 Å². The largest absolute Gasteiger partial charge is 0.373 e. The smallest absolute Gasteiger partial charge is 0.151 e. The molecule has 0 aliphatic carbocycles. The highest BCUT2D eigenvalue weighted by Crippen LogP contribution is 2.29. The summed E-state index contributed by atoms with van der Waals surface area (Å²) in [6.07, 6.45) is 0. The van der Waals surface area contributed by atoms with Gasteiger partial charge in [0.05, 0.1) is 10.7 Å². The zero-order valence-corrected chi connectivity index (χ0v) is 10.2. The molecule has 2 aromatic rings. The molecule has 3 nitrogen and oxygen atoms in total. The average molecular weight is 270 g/mol. The Morgan fingerprint density at radius 2 is 1.89 bits per heavy atom. The van der Waals surface area contributed by atoms with E-state index in [1.54, 1.807) is 25.2 Å². The number of hydrogen-bond donors (Lipinski definition) is 2. The molecule has 1 aromatic carbocycles. The van der Waals surface area contributed by atoms with Gasteiger partial charge in [0.2, 0.25) is 0 Å². The lowest BCUT2D eigenvalue weighted by Gasteiger charge is -2.10. The summed E-state index contributed by atoms with van der Waals surface area (Å²) in [5.74, 6) is -0.454. The van der Waals surface area contributed by atoms with E-state index in [0.29, 0.717) is 11.6 Å². The molecule has 0 amide bonds. The highest BCUT2D eigenvalue weighted by molar-refractivity contribution is 6.33. The fourth-order valence-electron chi connectivity index (χ4n) is 1.43. The third-order valence-corrected chi connectivity index (χ3v) is 2.56. The van der Waals surface area contributed by atoms with Gasteiger partial charge >= 0.3 is 0 Å². The van der Waals surface area contributed by atoms with Crippen molar-refractivity contribution in [3.05, 3.63) is 47.0 Å². The fourth-order valence-corrected chi connectivity index (χ4v) is 1.67. The van der Waals surface area contributed by atoms with Crippen LogP contribution in [0.1, 0.15) is 0 Å². The normalized spacial score (nSPS) is 10.2. The maximum absolute atomic E-state index is 13.5. The van der Waals surface area contributed by atoms with Gasteiger partial charge in [-0.3, -0.25) is 0 Å². The van der Waals surface area contributed by atoms with Crippen molar-refractivity contribution in [1.29, 1.82) is 0 Å². The Morgan fingerprint density at radius 1 is 1.17 bits per heavy atom. The van der Waals surface area contributed by atoms with Gasteiger partial charge in [-0.2, -0.15) is 0 Å². The quantitative estimate of drug-likeness (QED) is 0.890. The van der Waals surface area contributed by atoms with Crippen molar-refractivity contribution in [3.63, 3.8) is 0 Å². The summed E-state index contributed by atoms with van der Waals surface area (Å²) in [7, 11) is 1.72. The first kappa shape index (κ1) is 12.6. The van der Waals surface area contributed by atoms with Crippen LogP contribution in [0.15, 0.2) is 30.3 Å². The predicted octanol–water partition coefficient (Wildman–Crippen LogP) is 3.80. The summed E-state index contributed by atoms with van der Waals surface area (Å²) >= 11 is 5.77. The van der Waals surface area contributed by atoms with Gasteiger partial charge in [0.15, 0.2) is 5.82 Å². The van der Waals surface area contributed by atoms with Gasteiger partial charge in [-0.05, 0) is 18.2 Å². The number of pyridine rings is 1. The molecule has 0 saturated heterocycles. The average Bonchev–Trinajstić information content (AvgIpc) is 2.34. The molecular formula is C12H10ClF2N3. The first-order valence-corrected chi connectivity index (χ1v) is 5.54. The van der Waals surface area contributed by atoms with Crippen LogP contribution in [0.25, 0.3) is 0 Å². The van der Waals surface area contributed by atoms with E-state index < -0.39 is 11.6 Å². The van der Waals surface area contributed by atoms with Crippen molar-refractivity contribution in [2.75, 3.05) is 17.7 Å². The van der Waals surface area contributed by atoms with Crippen LogP contribution in [0, 0.1) is 11.6 Å². The number of nitrogens with one attached hydrogen (secondary N) is 2. The van der Waals surface area contributed by atoms with E-state index in [0.717, 1.165) is 12.1 Å². The first-order chi connectivity index (χ1) is 8.60. The Hall–Kier alpha value is -1.88. The minimum Gasteiger partial charge on any atom is -0.373 e. The van der Waals surface area contributed by atoms with Crippen molar-refractivity contribution < 1.29 is 8.78 Å². The molecule has 1 heterocycles. The van der Waals surface area contributed by atoms with Gasteiger partial charge in [0.25, 0.3) is 0 Å². The zero-order chi connectivity index (χ0) is 13.1. The summed E-state index contributed by atoms with van der Waals surface area (Å²) in [6.45, 7) is 0. The zero-order valence-electron chi connectivity index (χ0n) is 9.47. The summed E-state index contributed by atoms with van der Waals surface area (Å²) in [5, 5.41) is 5.53. The lowest BCUT2D eigenvalue weighted by Crippen LogP contribution is -2.00. The number of hydrogen-bond acceptors (Lipinski definition) is 3. The molecule has 2 rings (SSSR count). The molecular weight excluding hydrogens is 260 g/mol. The second-order valence-corrected chi connectivity index (χ2v) is 3.93. The van der Waals surface area contributed by atoms with Crippen LogP contribution >= 0.6 is 11.6 Å². The lowest BCUT2D eigenvalue weighted by molar-refractivity contribution is 0.586. The predicted molar refractivity (Wildman–Crippen MR) is 68.4 cm³/mol. The van der Waals surface area contributed by atoms with Gasteiger partial charge in [-0.1, -0.05) is 17.7 Å². The van der Waals surface area contributed by atoms with Crippen molar-refractivity contribution in [1.82, 2.24) is 4.98 Å². The van der Waals surface area contributed by atoms with Gasteiger partial charge in [-0.15, -0.1) is 0 Å². The Balaban J connectivity index is 2.33. The number of benzene rings is 1. The van der Waals surface area contributed by atoms with Crippen molar-refractivity contribution in [3.8, 4) is 0 Å². The third-order valence-electron chi connectivity index (χ3n) is 2.27. The molecule has 2 N–H and O–H groups in total. The van der Waals surface area contributed by atoms with Gasteiger partial charge < -0.3 is 10.6 Å². The highest BCUT2D eigenvalue weighted by Gasteiger charge is 2.10. The molecule has 0 atom stereocenters. The molecule has 1 aromatic heterocycles. The third kappa shape index (κ3) is 2.68. The Morgan fingerprint density at radius 3 is 2.56 bits per heavy atom. The second-order valence-electron chi connectivity index (χ2n) is 3.53. The van der Waals surface area contributed by atoms with E-state index in [2.05, 4.69) is 15.6 Å². The summed E-state index contributed by atoms with van der Waals surface area (Å²) in [4.78, 5) is 4.15. The minimum absolute atomic E-state index is 0.00109. The molecule has 0 spiro atoms. The SMILES string of the molecule is CNc1cccc(Nc2c(F)cc(F)cc2Cl)n1. The maximum atomic E-state index is 13.5. The summed E-state index contributed by atoms with van der Waals surface area (Å²) < 4.78 is 26.4.